The van der Waals surface area contributed by atoms with Gasteiger partial charge in [0.25, 0.3) is 0 Å². The largest absolute Gasteiger partial charge is 0.466 e. The third kappa shape index (κ3) is 1.85. The first kappa shape index (κ1) is 13.5. The average Bonchev–Trinajstić information content (AvgIpc) is 2.88. The molecule has 4 heteroatoms. The Morgan fingerprint density at radius 3 is 2.80 bits per heavy atom. The van der Waals surface area contributed by atoms with Gasteiger partial charge < -0.3 is 4.74 Å². The van der Waals surface area contributed by atoms with Crippen molar-refractivity contribution in [2.45, 2.75) is 39.5 Å². The summed E-state index contributed by atoms with van der Waals surface area (Å²) in [4.78, 5) is 36.1. The predicted molar refractivity (Wildman–Crippen MR) is 71.8 cm³/mol. The van der Waals surface area contributed by atoms with Gasteiger partial charge in [-0.05, 0) is 39.0 Å². The number of carbonyl (C=O) groups is 3. The fraction of sp³-hybridized carbons (Fsp3) is 0.688. The Morgan fingerprint density at radius 1 is 1.35 bits per heavy atom. The van der Waals surface area contributed by atoms with Gasteiger partial charge in [0.1, 0.15) is 11.6 Å². The summed E-state index contributed by atoms with van der Waals surface area (Å²) in [5, 5.41) is 0. The second-order valence-electron chi connectivity index (χ2n) is 6.52. The van der Waals surface area contributed by atoms with E-state index in [1.807, 2.05) is 6.92 Å². The first-order valence-corrected chi connectivity index (χ1v) is 7.38. The van der Waals surface area contributed by atoms with Crippen LogP contribution >= 0.6 is 0 Å². The van der Waals surface area contributed by atoms with E-state index < -0.39 is 5.41 Å². The summed E-state index contributed by atoms with van der Waals surface area (Å²) in [6, 6.07) is 0. The Labute approximate surface area is 118 Å². The van der Waals surface area contributed by atoms with E-state index in [4.69, 9.17) is 4.74 Å². The standard InChI is InChI=1S/C16H20O4/c1-3-20-15(19)16(2)7-9-4-5-10-12(17)6-13(18)14(10)11(9)8-16/h4,10-11,14H,3,5-8H2,1-2H3. The molecule has 4 nitrogen and oxygen atoms in total. The van der Waals surface area contributed by atoms with Crippen LogP contribution in [0.1, 0.15) is 39.5 Å². The van der Waals surface area contributed by atoms with Crippen molar-refractivity contribution in [3.05, 3.63) is 11.6 Å². The summed E-state index contributed by atoms with van der Waals surface area (Å²) in [5.74, 6) is -0.269. The van der Waals surface area contributed by atoms with Crippen LogP contribution in [0.5, 0.6) is 0 Å². The molecular formula is C16H20O4. The SMILES string of the molecule is CCOC(=O)C1(C)CC2=CCC3C(=O)CC(=O)C3C2C1. The Kier molecular flexibility index (Phi) is 3.07. The summed E-state index contributed by atoms with van der Waals surface area (Å²) in [6.45, 7) is 4.10. The zero-order chi connectivity index (χ0) is 14.5. The van der Waals surface area contributed by atoms with Crippen LogP contribution in [0.2, 0.25) is 0 Å². The Morgan fingerprint density at radius 2 is 2.10 bits per heavy atom. The molecule has 0 aliphatic heterocycles. The van der Waals surface area contributed by atoms with Crippen molar-refractivity contribution < 1.29 is 19.1 Å². The molecule has 3 aliphatic carbocycles. The normalized spacial score (nSPS) is 39.3. The average molecular weight is 276 g/mol. The van der Waals surface area contributed by atoms with Crippen molar-refractivity contribution in [3.63, 3.8) is 0 Å². The zero-order valence-electron chi connectivity index (χ0n) is 12.0. The van der Waals surface area contributed by atoms with Crippen LogP contribution in [0.4, 0.5) is 0 Å². The smallest absolute Gasteiger partial charge is 0.312 e. The van der Waals surface area contributed by atoms with E-state index in [1.165, 1.54) is 5.57 Å². The van der Waals surface area contributed by atoms with E-state index in [0.29, 0.717) is 25.9 Å². The van der Waals surface area contributed by atoms with E-state index in [-0.39, 0.29) is 41.7 Å². The Balaban J connectivity index is 1.87. The molecular weight excluding hydrogens is 256 g/mol. The highest BCUT2D eigenvalue weighted by Gasteiger charge is 2.55. The molecule has 0 bridgehead atoms. The van der Waals surface area contributed by atoms with E-state index >= 15 is 0 Å². The van der Waals surface area contributed by atoms with E-state index in [2.05, 4.69) is 6.08 Å². The number of carbonyl (C=O) groups excluding carboxylic acids is 3. The molecule has 0 N–H and O–H groups in total. The first-order chi connectivity index (χ1) is 9.46. The van der Waals surface area contributed by atoms with Crippen molar-refractivity contribution in [2.75, 3.05) is 6.61 Å². The first-order valence-electron chi connectivity index (χ1n) is 7.38. The van der Waals surface area contributed by atoms with Gasteiger partial charge >= 0.3 is 5.97 Å². The molecule has 4 unspecified atom stereocenters. The summed E-state index contributed by atoms with van der Waals surface area (Å²) < 4.78 is 5.18. The van der Waals surface area contributed by atoms with Crippen LogP contribution in [0, 0.1) is 23.2 Å². The van der Waals surface area contributed by atoms with Crippen molar-refractivity contribution in [2.24, 2.45) is 23.2 Å². The number of ketones is 2. The van der Waals surface area contributed by atoms with Crippen molar-refractivity contribution in [1.29, 1.82) is 0 Å². The molecule has 0 aromatic heterocycles. The van der Waals surface area contributed by atoms with Gasteiger partial charge in [0.2, 0.25) is 0 Å². The molecule has 2 fully saturated rings. The Hall–Kier alpha value is -1.45. The van der Waals surface area contributed by atoms with Gasteiger partial charge in [-0.2, -0.15) is 0 Å². The quantitative estimate of drug-likeness (QED) is 0.440. The minimum absolute atomic E-state index is 0.0714. The molecule has 0 aromatic carbocycles. The minimum Gasteiger partial charge on any atom is -0.466 e. The second kappa shape index (κ2) is 4.54. The fourth-order valence-corrected chi connectivity index (χ4v) is 4.22. The third-order valence-corrected chi connectivity index (χ3v) is 5.14. The number of hydrogen-bond acceptors (Lipinski definition) is 4. The monoisotopic (exact) mass is 276 g/mol. The molecule has 0 radical (unpaired) electrons. The lowest BCUT2D eigenvalue weighted by molar-refractivity contribution is -0.154. The predicted octanol–water partition coefficient (Wildman–Crippen LogP) is 2.07. The maximum Gasteiger partial charge on any atom is 0.312 e. The highest BCUT2D eigenvalue weighted by molar-refractivity contribution is 6.09. The van der Waals surface area contributed by atoms with Gasteiger partial charge in [0, 0.05) is 11.8 Å². The van der Waals surface area contributed by atoms with E-state index in [1.54, 1.807) is 6.92 Å². The lowest BCUT2D eigenvalue weighted by Gasteiger charge is -2.28. The summed E-state index contributed by atoms with van der Waals surface area (Å²) >= 11 is 0. The molecule has 0 spiro atoms. The highest BCUT2D eigenvalue weighted by Crippen LogP contribution is 2.55. The number of esters is 1. The van der Waals surface area contributed by atoms with E-state index in [9.17, 15) is 14.4 Å². The van der Waals surface area contributed by atoms with Crippen molar-refractivity contribution in [3.8, 4) is 0 Å². The van der Waals surface area contributed by atoms with Crippen LogP contribution in [0.15, 0.2) is 11.6 Å². The molecule has 0 heterocycles. The van der Waals surface area contributed by atoms with Gasteiger partial charge in [-0.3, -0.25) is 14.4 Å². The second-order valence-corrected chi connectivity index (χ2v) is 6.52. The van der Waals surface area contributed by atoms with Crippen LogP contribution in [-0.4, -0.2) is 24.1 Å². The molecule has 3 rings (SSSR count). The summed E-state index contributed by atoms with van der Waals surface area (Å²) in [7, 11) is 0. The van der Waals surface area contributed by atoms with E-state index in [0.717, 1.165) is 0 Å². The molecule has 0 saturated heterocycles. The topological polar surface area (TPSA) is 60.4 Å². The number of allylic oxidation sites excluding steroid dienone is 2. The lowest BCUT2D eigenvalue weighted by atomic mass is 9.74. The van der Waals surface area contributed by atoms with Gasteiger partial charge in [-0.25, -0.2) is 0 Å². The molecule has 3 aliphatic rings. The van der Waals surface area contributed by atoms with Crippen LogP contribution < -0.4 is 0 Å². The van der Waals surface area contributed by atoms with Gasteiger partial charge in [-0.1, -0.05) is 11.6 Å². The molecule has 2 saturated carbocycles. The Bertz CT molecular complexity index is 519. The maximum atomic E-state index is 12.1. The van der Waals surface area contributed by atoms with Crippen LogP contribution in [0.25, 0.3) is 0 Å². The highest BCUT2D eigenvalue weighted by atomic mass is 16.5. The minimum atomic E-state index is -0.534. The maximum absolute atomic E-state index is 12.1. The van der Waals surface area contributed by atoms with Crippen LogP contribution in [-0.2, 0) is 19.1 Å². The van der Waals surface area contributed by atoms with Gasteiger partial charge in [0.15, 0.2) is 0 Å². The molecule has 0 amide bonds. The summed E-state index contributed by atoms with van der Waals surface area (Å²) in [5.41, 5.74) is 0.651. The number of fused-ring (bicyclic) bond motifs is 3. The fourth-order valence-electron chi connectivity index (χ4n) is 4.22. The number of rotatable bonds is 2. The van der Waals surface area contributed by atoms with Crippen molar-refractivity contribution in [1.82, 2.24) is 0 Å². The number of ether oxygens (including phenoxy) is 1. The number of hydrogen-bond donors (Lipinski definition) is 0. The zero-order valence-corrected chi connectivity index (χ0v) is 12.0. The number of Topliss-reactive ketones (excluding diaryl/α,β-unsaturated/α-hetero) is 2. The van der Waals surface area contributed by atoms with Crippen molar-refractivity contribution >= 4 is 17.5 Å². The third-order valence-electron chi connectivity index (χ3n) is 5.14. The molecule has 4 atom stereocenters. The lowest BCUT2D eigenvalue weighted by Crippen LogP contribution is -2.31. The molecule has 108 valence electrons. The summed E-state index contributed by atoms with van der Waals surface area (Å²) in [6.07, 6.45) is 4.15. The molecule has 0 aromatic rings. The van der Waals surface area contributed by atoms with Gasteiger partial charge in [0.05, 0.1) is 18.4 Å². The van der Waals surface area contributed by atoms with Gasteiger partial charge in [-0.15, -0.1) is 0 Å². The molecule has 20 heavy (non-hydrogen) atoms. The van der Waals surface area contributed by atoms with Crippen LogP contribution in [0.3, 0.4) is 0 Å².